The molecule has 1 N–H and O–H groups in total. The highest BCUT2D eigenvalue weighted by molar-refractivity contribution is 7.16. The third-order valence-corrected chi connectivity index (χ3v) is 3.41. The van der Waals surface area contributed by atoms with Crippen molar-refractivity contribution in [1.82, 2.24) is 4.98 Å². The maximum absolute atomic E-state index is 11.6. The molecule has 1 heterocycles. The first-order valence-electron chi connectivity index (χ1n) is 5.88. The maximum Gasteiger partial charge on any atom is 0.413 e. The van der Waals surface area contributed by atoms with Gasteiger partial charge in [0.15, 0.2) is 10.9 Å². The van der Waals surface area contributed by atoms with Gasteiger partial charge >= 0.3 is 6.09 Å². The monoisotopic (exact) mass is 268 g/mol. The quantitative estimate of drug-likeness (QED) is 0.850. The molecule has 0 atom stereocenters. The molecule has 18 heavy (non-hydrogen) atoms. The third kappa shape index (κ3) is 3.07. The number of aryl methyl sites for hydroxylation is 1. The number of Topliss-reactive ketones (excluding diaryl/α,β-unsaturated/α-hetero) is 1. The average Bonchev–Trinajstić information content (AvgIpc) is 2.58. The summed E-state index contributed by atoms with van der Waals surface area (Å²) in [6, 6.07) is 0. The first-order valence-corrected chi connectivity index (χ1v) is 6.70. The second kappa shape index (κ2) is 4.68. The fourth-order valence-electron chi connectivity index (χ4n) is 1.71. The number of hydrogen-bond donors (Lipinski definition) is 1. The molecule has 0 aromatic carbocycles. The topological polar surface area (TPSA) is 68.3 Å². The van der Waals surface area contributed by atoms with E-state index in [0.29, 0.717) is 17.2 Å². The summed E-state index contributed by atoms with van der Waals surface area (Å²) in [5, 5.41) is 3.00. The van der Waals surface area contributed by atoms with Crippen LogP contribution in [0.15, 0.2) is 0 Å². The zero-order valence-electron chi connectivity index (χ0n) is 10.7. The van der Waals surface area contributed by atoms with Gasteiger partial charge in [-0.2, -0.15) is 0 Å². The molecule has 0 spiro atoms. The molecule has 5 nitrogen and oxygen atoms in total. The van der Waals surface area contributed by atoms with Gasteiger partial charge in [0.05, 0.1) is 0 Å². The van der Waals surface area contributed by atoms with E-state index < -0.39 is 11.7 Å². The zero-order chi connectivity index (χ0) is 13.3. The van der Waals surface area contributed by atoms with Gasteiger partial charge in [-0.15, -0.1) is 11.3 Å². The van der Waals surface area contributed by atoms with Gasteiger partial charge in [0, 0.05) is 11.3 Å². The molecule has 1 aliphatic rings. The Labute approximate surface area is 110 Å². The lowest BCUT2D eigenvalue weighted by Crippen LogP contribution is -2.27. The number of carbonyl (C=O) groups excluding carboxylic acids is 2. The van der Waals surface area contributed by atoms with Crippen LogP contribution in [-0.4, -0.2) is 22.5 Å². The Kier molecular flexibility index (Phi) is 3.38. The Morgan fingerprint density at radius 1 is 1.39 bits per heavy atom. The smallest absolute Gasteiger partial charge is 0.413 e. The first-order chi connectivity index (χ1) is 8.35. The van der Waals surface area contributed by atoms with Crippen LogP contribution in [0.1, 0.15) is 49.0 Å². The predicted molar refractivity (Wildman–Crippen MR) is 69.2 cm³/mol. The Balaban J connectivity index is 2.07. The number of hydrogen-bond acceptors (Lipinski definition) is 5. The molecule has 0 unspecified atom stereocenters. The third-order valence-electron chi connectivity index (χ3n) is 2.38. The van der Waals surface area contributed by atoms with E-state index in [1.807, 2.05) is 0 Å². The van der Waals surface area contributed by atoms with Crippen LogP contribution < -0.4 is 5.32 Å². The van der Waals surface area contributed by atoms with Crippen LogP contribution in [0.2, 0.25) is 0 Å². The lowest BCUT2D eigenvalue weighted by molar-refractivity contribution is 0.0635. The van der Waals surface area contributed by atoms with Crippen molar-refractivity contribution >= 4 is 28.3 Å². The second-order valence-corrected chi connectivity index (χ2v) is 6.28. The molecule has 0 aliphatic heterocycles. The number of nitrogens with one attached hydrogen (secondary N) is 1. The van der Waals surface area contributed by atoms with Crippen molar-refractivity contribution in [2.24, 2.45) is 0 Å². The normalized spacial score (nSPS) is 15.2. The molecule has 2 rings (SSSR count). The molecule has 1 amide bonds. The van der Waals surface area contributed by atoms with E-state index in [0.717, 1.165) is 17.7 Å². The summed E-state index contributed by atoms with van der Waals surface area (Å²) in [7, 11) is 0. The van der Waals surface area contributed by atoms with E-state index in [1.165, 1.54) is 11.3 Å². The minimum Gasteiger partial charge on any atom is -0.444 e. The Morgan fingerprint density at radius 2 is 2.11 bits per heavy atom. The lowest BCUT2D eigenvalue weighted by atomic mass is 10.0. The number of anilines is 1. The molecule has 0 saturated heterocycles. The summed E-state index contributed by atoms with van der Waals surface area (Å²) in [5.41, 5.74) is -0.0335. The van der Waals surface area contributed by atoms with Crippen LogP contribution >= 0.6 is 11.3 Å². The number of thiazole rings is 1. The van der Waals surface area contributed by atoms with E-state index in [2.05, 4.69) is 10.3 Å². The summed E-state index contributed by atoms with van der Waals surface area (Å²) in [4.78, 5) is 28.3. The maximum atomic E-state index is 11.6. The van der Waals surface area contributed by atoms with Gasteiger partial charge in [-0.25, -0.2) is 9.78 Å². The van der Waals surface area contributed by atoms with E-state index >= 15 is 0 Å². The van der Waals surface area contributed by atoms with Gasteiger partial charge < -0.3 is 4.74 Å². The summed E-state index contributed by atoms with van der Waals surface area (Å²) in [6.07, 6.45) is 1.72. The van der Waals surface area contributed by atoms with Crippen LogP contribution in [0.25, 0.3) is 0 Å². The van der Waals surface area contributed by atoms with Gasteiger partial charge in [0.2, 0.25) is 0 Å². The van der Waals surface area contributed by atoms with Crippen molar-refractivity contribution in [2.75, 3.05) is 5.32 Å². The zero-order valence-corrected chi connectivity index (χ0v) is 11.5. The van der Waals surface area contributed by atoms with Crippen LogP contribution in [0.5, 0.6) is 0 Å². The number of aromatic nitrogens is 1. The molecule has 1 aliphatic carbocycles. The molecule has 1 aromatic heterocycles. The molecule has 0 saturated carbocycles. The van der Waals surface area contributed by atoms with Crippen molar-refractivity contribution in [3.63, 3.8) is 0 Å². The number of amides is 1. The van der Waals surface area contributed by atoms with E-state index in [4.69, 9.17) is 4.74 Å². The minimum absolute atomic E-state index is 0.0599. The van der Waals surface area contributed by atoms with E-state index in [9.17, 15) is 9.59 Å². The predicted octanol–water partition coefficient (Wildman–Crippen LogP) is 3.01. The van der Waals surface area contributed by atoms with Crippen molar-refractivity contribution in [3.8, 4) is 0 Å². The number of fused-ring (bicyclic) bond motifs is 1. The Bertz CT molecular complexity index is 488. The standard InChI is InChI=1S/C12H16N2O3S/c1-12(2,3)17-11(16)14-10-13-9-7(15)5-4-6-8(9)18-10/h4-6H2,1-3H3,(H,13,14,16). The average molecular weight is 268 g/mol. The van der Waals surface area contributed by atoms with Crippen LogP contribution in [0.3, 0.4) is 0 Å². The molecule has 98 valence electrons. The summed E-state index contributed by atoms with van der Waals surface area (Å²) in [6.45, 7) is 5.38. The lowest BCUT2D eigenvalue weighted by Gasteiger charge is -2.18. The van der Waals surface area contributed by atoms with Crippen LogP contribution in [0, 0.1) is 0 Å². The molecule has 0 bridgehead atoms. The van der Waals surface area contributed by atoms with Gasteiger partial charge in [0.25, 0.3) is 0 Å². The number of nitrogens with zero attached hydrogens (tertiary/aromatic N) is 1. The molecular formula is C12H16N2O3S. The van der Waals surface area contributed by atoms with Gasteiger partial charge in [-0.05, 0) is 33.6 Å². The Morgan fingerprint density at radius 3 is 2.72 bits per heavy atom. The largest absolute Gasteiger partial charge is 0.444 e. The molecule has 1 aromatic rings. The van der Waals surface area contributed by atoms with Crippen LogP contribution in [-0.2, 0) is 11.2 Å². The highest BCUT2D eigenvalue weighted by atomic mass is 32.1. The number of ether oxygens (including phenoxy) is 1. The van der Waals surface area contributed by atoms with Gasteiger partial charge in [-0.3, -0.25) is 10.1 Å². The Hall–Kier alpha value is -1.43. The van der Waals surface area contributed by atoms with Gasteiger partial charge in [0.1, 0.15) is 11.3 Å². The molecule has 6 heteroatoms. The molecule has 0 radical (unpaired) electrons. The summed E-state index contributed by atoms with van der Waals surface area (Å²) < 4.78 is 5.13. The van der Waals surface area contributed by atoms with Crippen molar-refractivity contribution in [1.29, 1.82) is 0 Å². The van der Waals surface area contributed by atoms with E-state index in [-0.39, 0.29) is 5.78 Å². The van der Waals surface area contributed by atoms with Gasteiger partial charge in [-0.1, -0.05) is 0 Å². The highest BCUT2D eigenvalue weighted by Crippen LogP contribution is 2.29. The van der Waals surface area contributed by atoms with E-state index in [1.54, 1.807) is 20.8 Å². The minimum atomic E-state index is -0.545. The SMILES string of the molecule is CC(C)(C)OC(=O)Nc1nc2c(s1)CCCC2=O. The highest BCUT2D eigenvalue weighted by Gasteiger charge is 2.24. The van der Waals surface area contributed by atoms with Crippen molar-refractivity contribution in [2.45, 2.75) is 45.6 Å². The number of ketones is 1. The number of rotatable bonds is 1. The molecule has 0 fully saturated rings. The van der Waals surface area contributed by atoms with Crippen molar-refractivity contribution < 1.29 is 14.3 Å². The molecular weight excluding hydrogens is 252 g/mol. The second-order valence-electron chi connectivity index (χ2n) is 5.19. The first kappa shape index (κ1) is 13.0. The van der Waals surface area contributed by atoms with Crippen molar-refractivity contribution in [3.05, 3.63) is 10.6 Å². The summed E-state index contributed by atoms with van der Waals surface area (Å²) >= 11 is 1.35. The number of carbonyl (C=O) groups is 2. The fraction of sp³-hybridized carbons (Fsp3) is 0.583. The fourth-order valence-corrected chi connectivity index (χ4v) is 2.72. The van der Waals surface area contributed by atoms with Crippen LogP contribution in [0.4, 0.5) is 9.93 Å². The summed E-state index contributed by atoms with van der Waals surface area (Å²) in [5.74, 6) is 0.0599.